The Labute approximate surface area is 182 Å². The van der Waals surface area contributed by atoms with Crippen molar-refractivity contribution in [3.63, 3.8) is 0 Å². The molecule has 1 saturated heterocycles. The monoisotopic (exact) mass is 426 g/mol. The first-order valence-electron chi connectivity index (χ1n) is 11.5. The van der Waals surface area contributed by atoms with Crippen molar-refractivity contribution >= 4 is 23.7 Å². The van der Waals surface area contributed by atoms with E-state index >= 15 is 0 Å². The van der Waals surface area contributed by atoms with Crippen LogP contribution in [0.3, 0.4) is 0 Å². The number of benzene rings is 1. The van der Waals surface area contributed by atoms with Crippen LogP contribution in [-0.4, -0.2) is 58.7 Å². The smallest absolute Gasteiger partial charge is 0.338 e. The fraction of sp³-hybridized carbons (Fsp3) is 0.583. The Morgan fingerprint density at radius 1 is 0.903 bits per heavy atom. The van der Waals surface area contributed by atoms with Crippen molar-refractivity contribution < 1.29 is 23.9 Å². The predicted octanol–water partition coefficient (Wildman–Crippen LogP) is 3.56. The van der Waals surface area contributed by atoms with E-state index < -0.39 is 12.1 Å². The number of ether oxygens (including phenoxy) is 1. The molecule has 1 saturated carbocycles. The van der Waals surface area contributed by atoms with E-state index in [1.807, 2.05) is 0 Å². The molecular weight excluding hydrogens is 396 g/mol. The van der Waals surface area contributed by atoms with Crippen LogP contribution in [0.25, 0.3) is 0 Å². The molecule has 0 spiro atoms. The lowest BCUT2D eigenvalue weighted by Crippen LogP contribution is -2.40. The molecule has 0 N–H and O–H groups in total. The quantitative estimate of drug-likeness (QED) is 0.543. The molecule has 3 amide bonds. The van der Waals surface area contributed by atoms with Crippen LogP contribution in [0.2, 0.25) is 0 Å². The summed E-state index contributed by atoms with van der Waals surface area (Å²) in [6, 6.07) is 4.39. The fourth-order valence-corrected chi connectivity index (χ4v) is 4.88. The summed E-state index contributed by atoms with van der Waals surface area (Å²) < 4.78 is 5.42. The van der Waals surface area contributed by atoms with Crippen molar-refractivity contribution in [2.45, 2.75) is 76.9 Å². The Morgan fingerprint density at radius 2 is 1.52 bits per heavy atom. The lowest BCUT2D eigenvalue weighted by Gasteiger charge is -2.29. The van der Waals surface area contributed by atoms with E-state index in [0.29, 0.717) is 18.7 Å². The summed E-state index contributed by atoms with van der Waals surface area (Å²) in [6.45, 7) is 2.96. The molecule has 7 nitrogen and oxygen atoms in total. The number of hydrogen-bond donors (Lipinski definition) is 0. The second-order valence-corrected chi connectivity index (χ2v) is 8.82. The number of carbonyl (C=O) groups is 4. The van der Waals surface area contributed by atoms with E-state index in [0.717, 1.165) is 57.8 Å². The molecule has 2 aliphatic heterocycles. The van der Waals surface area contributed by atoms with Crippen molar-refractivity contribution in [1.82, 2.24) is 9.80 Å². The standard InChI is InChI=1S/C24H30N2O5/c1-16(21(27)25-13-7-2-3-8-14-25)31-24(30)17-11-12-19-20(15-17)23(29)26(22(19)28)18-9-5-4-6-10-18/h11-12,15-16,18H,2-10,13-14H2,1H3/t16-/m1/s1. The number of esters is 1. The van der Waals surface area contributed by atoms with Gasteiger partial charge in [0.15, 0.2) is 6.10 Å². The van der Waals surface area contributed by atoms with Crippen molar-refractivity contribution in [3.05, 3.63) is 34.9 Å². The highest BCUT2D eigenvalue weighted by atomic mass is 16.5. The Balaban J connectivity index is 1.45. The number of nitrogens with zero attached hydrogens (tertiary/aromatic N) is 2. The Bertz CT molecular complexity index is 882. The molecule has 0 radical (unpaired) electrons. The topological polar surface area (TPSA) is 84.0 Å². The van der Waals surface area contributed by atoms with Gasteiger partial charge in [-0.1, -0.05) is 32.1 Å². The van der Waals surface area contributed by atoms with Gasteiger partial charge in [0.2, 0.25) is 0 Å². The maximum atomic E-state index is 12.9. The highest BCUT2D eigenvalue weighted by Gasteiger charge is 2.40. The van der Waals surface area contributed by atoms with E-state index in [1.54, 1.807) is 11.8 Å². The Morgan fingerprint density at radius 3 is 2.19 bits per heavy atom. The normalized spacial score (nSPS) is 20.9. The molecule has 2 fully saturated rings. The number of fused-ring (bicyclic) bond motifs is 1. The zero-order valence-electron chi connectivity index (χ0n) is 18.1. The maximum absolute atomic E-state index is 12.9. The third-order valence-electron chi connectivity index (χ3n) is 6.64. The molecule has 1 aliphatic carbocycles. The summed E-state index contributed by atoms with van der Waals surface area (Å²) in [5.74, 6) is -1.47. The predicted molar refractivity (Wildman–Crippen MR) is 114 cm³/mol. The van der Waals surface area contributed by atoms with Gasteiger partial charge in [0.1, 0.15) is 0 Å². The van der Waals surface area contributed by atoms with Crippen molar-refractivity contribution in [3.8, 4) is 0 Å². The number of carbonyl (C=O) groups excluding carboxylic acids is 4. The number of rotatable bonds is 4. The van der Waals surface area contributed by atoms with Gasteiger partial charge in [0, 0.05) is 19.1 Å². The molecule has 4 rings (SSSR count). The SMILES string of the molecule is C[C@@H](OC(=O)c1ccc2c(c1)C(=O)N(C1CCCCC1)C2=O)C(=O)N1CCCCCC1. The minimum Gasteiger partial charge on any atom is -0.449 e. The molecule has 1 atom stereocenters. The number of likely N-dealkylation sites (tertiary alicyclic amines) is 1. The minimum atomic E-state index is -0.894. The van der Waals surface area contributed by atoms with Crippen LogP contribution in [-0.2, 0) is 9.53 Å². The Hall–Kier alpha value is -2.70. The fourth-order valence-electron chi connectivity index (χ4n) is 4.88. The molecule has 1 aromatic rings. The van der Waals surface area contributed by atoms with Crippen molar-refractivity contribution in [1.29, 1.82) is 0 Å². The molecule has 3 aliphatic rings. The molecule has 0 aromatic heterocycles. The number of hydrogen-bond acceptors (Lipinski definition) is 5. The molecule has 31 heavy (non-hydrogen) atoms. The first-order valence-corrected chi connectivity index (χ1v) is 11.5. The molecule has 0 unspecified atom stereocenters. The summed E-state index contributed by atoms with van der Waals surface area (Å²) in [7, 11) is 0. The lowest BCUT2D eigenvalue weighted by atomic mass is 9.94. The van der Waals surface area contributed by atoms with Gasteiger partial charge in [0.25, 0.3) is 17.7 Å². The van der Waals surface area contributed by atoms with E-state index in [9.17, 15) is 19.2 Å². The van der Waals surface area contributed by atoms with Gasteiger partial charge in [-0.25, -0.2) is 4.79 Å². The summed E-state index contributed by atoms with van der Waals surface area (Å²) in [5.41, 5.74) is 0.762. The van der Waals surface area contributed by atoms with E-state index in [1.165, 1.54) is 23.1 Å². The maximum Gasteiger partial charge on any atom is 0.338 e. The molecule has 7 heteroatoms. The van der Waals surface area contributed by atoms with E-state index in [2.05, 4.69) is 0 Å². The third-order valence-corrected chi connectivity index (χ3v) is 6.64. The highest BCUT2D eigenvalue weighted by molar-refractivity contribution is 6.22. The molecular formula is C24H30N2O5. The Kier molecular flexibility index (Phi) is 6.39. The average Bonchev–Trinajstić information content (AvgIpc) is 2.96. The summed E-state index contributed by atoms with van der Waals surface area (Å²) in [4.78, 5) is 54.2. The van der Waals surface area contributed by atoms with Gasteiger partial charge < -0.3 is 9.64 Å². The van der Waals surface area contributed by atoms with Crippen LogP contribution < -0.4 is 0 Å². The van der Waals surface area contributed by atoms with Crippen LogP contribution in [0.5, 0.6) is 0 Å². The number of amides is 3. The molecule has 0 bridgehead atoms. The average molecular weight is 427 g/mol. The second-order valence-electron chi connectivity index (χ2n) is 8.82. The summed E-state index contributed by atoms with van der Waals surface area (Å²) >= 11 is 0. The summed E-state index contributed by atoms with van der Waals surface area (Å²) in [5, 5.41) is 0. The zero-order chi connectivity index (χ0) is 22.0. The van der Waals surface area contributed by atoms with Gasteiger partial charge in [-0.05, 0) is 50.8 Å². The van der Waals surface area contributed by atoms with Gasteiger partial charge >= 0.3 is 5.97 Å². The van der Waals surface area contributed by atoms with Gasteiger partial charge in [-0.3, -0.25) is 19.3 Å². The van der Waals surface area contributed by atoms with E-state index in [-0.39, 0.29) is 34.9 Å². The number of imide groups is 1. The van der Waals surface area contributed by atoms with Crippen molar-refractivity contribution in [2.75, 3.05) is 13.1 Å². The third kappa shape index (κ3) is 4.36. The molecule has 1 aromatic carbocycles. The van der Waals surface area contributed by atoms with Crippen LogP contribution in [0.4, 0.5) is 0 Å². The van der Waals surface area contributed by atoms with Crippen LogP contribution in [0.1, 0.15) is 95.8 Å². The first kappa shape index (κ1) is 21.5. The van der Waals surface area contributed by atoms with Gasteiger partial charge in [-0.2, -0.15) is 0 Å². The zero-order valence-corrected chi connectivity index (χ0v) is 18.1. The van der Waals surface area contributed by atoms with Crippen LogP contribution >= 0.6 is 0 Å². The van der Waals surface area contributed by atoms with Gasteiger partial charge in [0.05, 0.1) is 16.7 Å². The second kappa shape index (κ2) is 9.20. The first-order chi connectivity index (χ1) is 15.0. The van der Waals surface area contributed by atoms with Crippen LogP contribution in [0, 0.1) is 0 Å². The lowest BCUT2D eigenvalue weighted by molar-refractivity contribution is -0.139. The van der Waals surface area contributed by atoms with E-state index in [4.69, 9.17) is 4.74 Å². The minimum absolute atomic E-state index is 0.0668. The van der Waals surface area contributed by atoms with Crippen molar-refractivity contribution in [2.24, 2.45) is 0 Å². The van der Waals surface area contributed by atoms with Gasteiger partial charge in [-0.15, -0.1) is 0 Å². The summed E-state index contributed by atoms with van der Waals surface area (Å²) in [6.07, 6.45) is 8.06. The largest absolute Gasteiger partial charge is 0.449 e. The van der Waals surface area contributed by atoms with Crippen LogP contribution in [0.15, 0.2) is 18.2 Å². The molecule has 166 valence electrons. The molecule has 2 heterocycles. The highest BCUT2D eigenvalue weighted by Crippen LogP contribution is 2.31.